The van der Waals surface area contributed by atoms with E-state index >= 15 is 0 Å². The molecule has 0 aromatic heterocycles. The maximum Gasteiger partial charge on any atom is 0.261 e. The van der Waals surface area contributed by atoms with E-state index in [1.54, 1.807) is 6.08 Å². The molecule has 1 rings (SSSR count). The van der Waals surface area contributed by atoms with Crippen LogP contribution in [0.3, 0.4) is 0 Å². The van der Waals surface area contributed by atoms with E-state index in [0.717, 1.165) is 17.7 Å². The molecule has 1 aromatic carbocycles. The van der Waals surface area contributed by atoms with Gasteiger partial charge in [0.25, 0.3) is 5.91 Å². The summed E-state index contributed by atoms with van der Waals surface area (Å²) < 4.78 is 5.19. The van der Waals surface area contributed by atoms with E-state index in [2.05, 4.69) is 5.32 Å². The number of amides is 1. The van der Waals surface area contributed by atoms with Gasteiger partial charge in [0.15, 0.2) is 0 Å². The molecule has 0 saturated carbocycles. The number of anilines is 1. The predicted molar refractivity (Wildman–Crippen MR) is 88.5 cm³/mol. The Bertz CT molecular complexity index is 542. The summed E-state index contributed by atoms with van der Waals surface area (Å²) in [5.74, 6) is -0.351. The van der Waals surface area contributed by atoms with Crippen molar-refractivity contribution in [1.29, 1.82) is 5.26 Å². The summed E-state index contributed by atoms with van der Waals surface area (Å²) in [5, 5.41) is 11.9. The Morgan fingerprint density at radius 2 is 2.05 bits per heavy atom. The maximum atomic E-state index is 11.9. The molecule has 5 heteroatoms. The normalized spacial score (nSPS) is 10.9. The lowest BCUT2D eigenvalue weighted by Gasteiger charge is -2.11. The second kappa shape index (κ2) is 9.59. The minimum atomic E-state index is -0.351. The fourth-order valence-electron chi connectivity index (χ4n) is 1.80. The Labute approximate surface area is 132 Å². The fourth-order valence-corrected chi connectivity index (χ4v) is 1.80. The molecule has 0 atom stereocenters. The van der Waals surface area contributed by atoms with Crippen molar-refractivity contribution < 1.29 is 9.53 Å². The molecule has 0 bridgehead atoms. The SMILES string of the molecule is CCOCCCNC(=O)/C(C#N)=C\c1ccc(N(C)C)cc1. The lowest BCUT2D eigenvalue weighted by Crippen LogP contribution is -2.26. The Hall–Kier alpha value is -2.32. The monoisotopic (exact) mass is 301 g/mol. The number of hydrogen-bond donors (Lipinski definition) is 1. The standard InChI is InChI=1S/C17H23N3O2/c1-4-22-11-5-10-19-17(21)15(13-18)12-14-6-8-16(9-7-14)20(2)3/h6-9,12H,4-5,10-11H2,1-3H3,(H,19,21)/b15-12-. The van der Waals surface area contributed by atoms with Crippen molar-refractivity contribution in [3.05, 3.63) is 35.4 Å². The summed E-state index contributed by atoms with van der Waals surface area (Å²) >= 11 is 0. The van der Waals surface area contributed by atoms with E-state index in [4.69, 9.17) is 10.00 Å². The van der Waals surface area contributed by atoms with Gasteiger partial charge in [0.1, 0.15) is 11.6 Å². The van der Waals surface area contributed by atoms with Crippen molar-refractivity contribution in [2.24, 2.45) is 0 Å². The van der Waals surface area contributed by atoms with Crippen LogP contribution in [0.2, 0.25) is 0 Å². The molecule has 0 heterocycles. The number of nitrogens with one attached hydrogen (secondary N) is 1. The molecule has 0 aliphatic carbocycles. The third kappa shape index (κ3) is 5.98. The summed E-state index contributed by atoms with van der Waals surface area (Å²) in [6, 6.07) is 9.61. The Balaban J connectivity index is 2.62. The Kier molecular flexibility index (Phi) is 7.73. The van der Waals surface area contributed by atoms with Gasteiger partial charge in [-0.25, -0.2) is 0 Å². The molecule has 118 valence electrons. The van der Waals surface area contributed by atoms with Gasteiger partial charge in [-0.3, -0.25) is 4.79 Å². The van der Waals surface area contributed by atoms with Crippen LogP contribution in [0.1, 0.15) is 18.9 Å². The first kappa shape index (κ1) is 17.7. The van der Waals surface area contributed by atoms with Gasteiger partial charge in [0.05, 0.1) is 0 Å². The van der Waals surface area contributed by atoms with Crippen LogP contribution in [0, 0.1) is 11.3 Å². The average Bonchev–Trinajstić information content (AvgIpc) is 2.52. The first-order valence-electron chi connectivity index (χ1n) is 7.33. The topological polar surface area (TPSA) is 65.4 Å². The molecule has 1 amide bonds. The van der Waals surface area contributed by atoms with Crippen molar-refractivity contribution >= 4 is 17.7 Å². The first-order valence-corrected chi connectivity index (χ1v) is 7.33. The van der Waals surface area contributed by atoms with Gasteiger partial charge in [-0.05, 0) is 37.1 Å². The minimum absolute atomic E-state index is 0.106. The fraction of sp³-hybridized carbons (Fsp3) is 0.412. The Morgan fingerprint density at radius 3 is 2.59 bits per heavy atom. The summed E-state index contributed by atoms with van der Waals surface area (Å²) in [4.78, 5) is 13.9. The van der Waals surface area contributed by atoms with E-state index in [9.17, 15) is 4.79 Å². The lowest BCUT2D eigenvalue weighted by molar-refractivity contribution is -0.117. The quantitative estimate of drug-likeness (QED) is 0.454. The van der Waals surface area contributed by atoms with Gasteiger partial charge in [0, 0.05) is 39.5 Å². The zero-order valence-corrected chi connectivity index (χ0v) is 13.4. The molecule has 1 N–H and O–H groups in total. The van der Waals surface area contributed by atoms with E-state index < -0.39 is 0 Å². The molecule has 1 aromatic rings. The van der Waals surface area contributed by atoms with E-state index in [-0.39, 0.29) is 11.5 Å². The minimum Gasteiger partial charge on any atom is -0.382 e. The van der Waals surface area contributed by atoms with E-state index in [0.29, 0.717) is 19.8 Å². The first-order chi connectivity index (χ1) is 10.6. The highest BCUT2D eigenvalue weighted by Gasteiger charge is 2.08. The van der Waals surface area contributed by atoms with Gasteiger partial charge >= 0.3 is 0 Å². The number of benzene rings is 1. The molecule has 0 spiro atoms. The van der Waals surface area contributed by atoms with Gasteiger partial charge < -0.3 is 15.0 Å². The number of rotatable bonds is 8. The molecular weight excluding hydrogens is 278 g/mol. The summed E-state index contributed by atoms with van der Waals surface area (Å²) in [6.45, 7) is 3.70. The third-order valence-corrected chi connectivity index (χ3v) is 3.04. The number of nitriles is 1. The molecule has 0 aliphatic rings. The van der Waals surface area contributed by atoms with Crippen molar-refractivity contribution in [1.82, 2.24) is 5.32 Å². The highest BCUT2D eigenvalue weighted by Crippen LogP contribution is 2.14. The van der Waals surface area contributed by atoms with Crippen LogP contribution in [0.5, 0.6) is 0 Å². The van der Waals surface area contributed by atoms with Crippen LogP contribution < -0.4 is 10.2 Å². The zero-order chi connectivity index (χ0) is 16.4. The molecule has 0 saturated heterocycles. The van der Waals surface area contributed by atoms with Gasteiger partial charge in [-0.2, -0.15) is 5.26 Å². The number of nitrogens with zero attached hydrogens (tertiary/aromatic N) is 2. The van der Waals surface area contributed by atoms with Crippen molar-refractivity contribution in [3.63, 3.8) is 0 Å². The van der Waals surface area contributed by atoms with Gasteiger partial charge in [0.2, 0.25) is 0 Å². The van der Waals surface area contributed by atoms with Crippen molar-refractivity contribution in [2.45, 2.75) is 13.3 Å². The zero-order valence-electron chi connectivity index (χ0n) is 13.4. The summed E-state index contributed by atoms with van der Waals surface area (Å²) in [6.07, 6.45) is 2.33. The molecule has 0 fully saturated rings. The highest BCUT2D eigenvalue weighted by molar-refractivity contribution is 6.01. The van der Waals surface area contributed by atoms with Crippen LogP contribution in [0.15, 0.2) is 29.8 Å². The third-order valence-electron chi connectivity index (χ3n) is 3.04. The maximum absolute atomic E-state index is 11.9. The van der Waals surface area contributed by atoms with Gasteiger partial charge in [-0.15, -0.1) is 0 Å². The summed E-state index contributed by atoms with van der Waals surface area (Å²) in [5.41, 5.74) is 2.00. The Morgan fingerprint density at radius 1 is 1.36 bits per heavy atom. The van der Waals surface area contributed by atoms with E-state index in [1.165, 1.54) is 0 Å². The summed E-state index contributed by atoms with van der Waals surface area (Å²) in [7, 11) is 3.92. The predicted octanol–water partition coefficient (Wildman–Crippen LogP) is 2.20. The van der Waals surface area contributed by atoms with Crippen LogP contribution in [0.25, 0.3) is 6.08 Å². The molecular formula is C17H23N3O2. The second-order valence-corrected chi connectivity index (χ2v) is 4.96. The van der Waals surface area contributed by atoms with Crippen LogP contribution >= 0.6 is 0 Å². The smallest absolute Gasteiger partial charge is 0.261 e. The number of carbonyl (C=O) groups excluding carboxylic acids is 1. The average molecular weight is 301 g/mol. The largest absolute Gasteiger partial charge is 0.382 e. The molecule has 0 radical (unpaired) electrons. The lowest BCUT2D eigenvalue weighted by atomic mass is 10.1. The van der Waals surface area contributed by atoms with Crippen molar-refractivity contribution in [3.8, 4) is 6.07 Å². The van der Waals surface area contributed by atoms with Crippen LogP contribution in [0.4, 0.5) is 5.69 Å². The molecule has 0 aliphatic heterocycles. The number of carbonyl (C=O) groups is 1. The number of hydrogen-bond acceptors (Lipinski definition) is 4. The van der Waals surface area contributed by atoms with Crippen LogP contribution in [-0.2, 0) is 9.53 Å². The molecule has 5 nitrogen and oxygen atoms in total. The molecule has 0 unspecified atom stereocenters. The number of ether oxygens (including phenoxy) is 1. The van der Waals surface area contributed by atoms with Crippen LogP contribution in [-0.4, -0.2) is 39.8 Å². The van der Waals surface area contributed by atoms with Gasteiger partial charge in [-0.1, -0.05) is 12.1 Å². The van der Waals surface area contributed by atoms with Crippen molar-refractivity contribution in [2.75, 3.05) is 38.8 Å². The highest BCUT2D eigenvalue weighted by atomic mass is 16.5. The van der Waals surface area contributed by atoms with E-state index in [1.807, 2.05) is 56.3 Å². The molecule has 22 heavy (non-hydrogen) atoms. The second-order valence-electron chi connectivity index (χ2n) is 4.96.